The lowest BCUT2D eigenvalue weighted by Crippen LogP contribution is -2.46. The Kier molecular flexibility index (Phi) is 6.42. The van der Waals surface area contributed by atoms with Crippen LogP contribution in [0.15, 0.2) is 0 Å². The van der Waals surface area contributed by atoms with Crippen LogP contribution in [0.5, 0.6) is 0 Å². The quantitative estimate of drug-likeness (QED) is 0.763. The second-order valence-corrected chi connectivity index (χ2v) is 5.97. The lowest BCUT2D eigenvalue weighted by atomic mass is 10.3. The van der Waals surface area contributed by atoms with E-state index < -0.39 is 28.0 Å². The highest BCUT2D eigenvalue weighted by Crippen LogP contribution is 2.21. The van der Waals surface area contributed by atoms with Crippen LogP contribution in [-0.2, 0) is 10.0 Å². The zero-order valence-corrected chi connectivity index (χ0v) is 10.8. The van der Waals surface area contributed by atoms with Gasteiger partial charge in [-0.2, -0.15) is 17.5 Å². The van der Waals surface area contributed by atoms with Crippen LogP contribution in [0.4, 0.5) is 13.2 Å². The van der Waals surface area contributed by atoms with Gasteiger partial charge in [0.1, 0.15) is 6.54 Å². The Morgan fingerprint density at radius 3 is 2.12 bits per heavy atom. The van der Waals surface area contributed by atoms with E-state index in [0.717, 1.165) is 0 Å². The number of halogens is 3. The van der Waals surface area contributed by atoms with Gasteiger partial charge in [0.25, 0.3) is 0 Å². The normalized spacial score (nSPS) is 15.2. The summed E-state index contributed by atoms with van der Waals surface area (Å²) in [4.78, 5) is 0. The number of alkyl halides is 3. The molecule has 0 heterocycles. The summed E-state index contributed by atoms with van der Waals surface area (Å²) in [6.45, 7) is 1.46. The van der Waals surface area contributed by atoms with Gasteiger partial charge in [0, 0.05) is 13.1 Å². The Bertz CT molecular complexity index is 313. The highest BCUT2D eigenvalue weighted by atomic mass is 32.2. The van der Waals surface area contributed by atoms with E-state index in [4.69, 9.17) is 5.73 Å². The monoisotopic (exact) mass is 276 g/mol. The predicted octanol–water partition coefficient (Wildman–Crippen LogP) is 1.33. The third-order valence-corrected chi connectivity index (χ3v) is 4.73. The van der Waals surface area contributed by atoms with Gasteiger partial charge in [-0.15, -0.1) is 0 Å². The number of nitrogens with two attached hydrogens (primary N) is 1. The van der Waals surface area contributed by atoms with Crippen LogP contribution in [-0.4, -0.2) is 43.8 Å². The van der Waals surface area contributed by atoms with Crippen molar-refractivity contribution >= 4 is 10.0 Å². The summed E-state index contributed by atoms with van der Waals surface area (Å²) < 4.78 is 61.2. The lowest BCUT2D eigenvalue weighted by molar-refractivity contribution is -0.136. The Morgan fingerprint density at radius 2 is 1.82 bits per heavy atom. The minimum absolute atomic E-state index is 0.141. The minimum atomic E-state index is -4.53. The molecule has 0 aliphatic rings. The molecular weight excluding hydrogens is 257 g/mol. The van der Waals surface area contributed by atoms with Gasteiger partial charge < -0.3 is 5.73 Å². The molecule has 0 spiro atoms. The van der Waals surface area contributed by atoms with Gasteiger partial charge >= 0.3 is 6.18 Å². The SMILES string of the molecule is CCCN(CC(F)(F)F)S(=O)(=O)C(CC)CN. The molecule has 1 unspecified atom stereocenters. The molecule has 8 heteroatoms. The minimum Gasteiger partial charge on any atom is -0.329 e. The van der Waals surface area contributed by atoms with Crippen molar-refractivity contribution in [2.24, 2.45) is 5.73 Å². The van der Waals surface area contributed by atoms with E-state index in [2.05, 4.69) is 0 Å². The molecule has 0 aliphatic carbocycles. The smallest absolute Gasteiger partial charge is 0.329 e. The molecule has 0 saturated heterocycles. The maximum atomic E-state index is 12.3. The number of rotatable bonds is 7. The number of nitrogens with zero attached hydrogens (tertiary/aromatic N) is 1. The van der Waals surface area contributed by atoms with Gasteiger partial charge in [-0.3, -0.25) is 0 Å². The molecule has 4 nitrogen and oxygen atoms in total. The molecule has 0 aliphatic heterocycles. The molecule has 0 amide bonds. The van der Waals surface area contributed by atoms with Crippen molar-refractivity contribution < 1.29 is 21.6 Å². The first-order chi connectivity index (χ1) is 7.69. The molecule has 1 atom stereocenters. The fourth-order valence-corrected chi connectivity index (χ4v) is 3.30. The molecule has 0 aromatic carbocycles. The van der Waals surface area contributed by atoms with Gasteiger partial charge in [0.2, 0.25) is 10.0 Å². The second-order valence-electron chi connectivity index (χ2n) is 3.76. The van der Waals surface area contributed by atoms with Crippen molar-refractivity contribution in [1.82, 2.24) is 4.31 Å². The third kappa shape index (κ3) is 5.22. The maximum absolute atomic E-state index is 12.3. The zero-order valence-electron chi connectivity index (χ0n) is 10.00. The number of sulfonamides is 1. The van der Waals surface area contributed by atoms with Gasteiger partial charge in [0.15, 0.2) is 0 Å². The standard InChI is InChI=1S/C9H19F3N2O2S/c1-3-5-14(7-9(10,11)12)17(15,16)8(4-2)6-13/h8H,3-7,13H2,1-2H3. The van der Waals surface area contributed by atoms with E-state index in [0.29, 0.717) is 10.7 Å². The van der Waals surface area contributed by atoms with E-state index in [9.17, 15) is 21.6 Å². The summed E-state index contributed by atoms with van der Waals surface area (Å²) >= 11 is 0. The van der Waals surface area contributed by atoms with Crippen molar-refractivity contribution in [3.8, 4) is 0 Å². The van der Waals surface area contributed by atoms with Gasteiger partial charge in [-0.25, -0.2) is 8.42 Å². The fraction of sp³-hybridized carbons (Fsp3) is 1.00. The summed E-state index contributed by atoms with van der Waals surface area (Å²) in [5.41, 5.74) is 5.28. The zero-order chi connectivity index (χ0) is 13.7. The lowest BCUT2D eigenvalue weighted by Gasteiger charge is -2.26. The van der Waals surface area contributed by atoms with Gasteiger partial charge in [-0.05, 0) is 12.8 Å². The van der Waals surface area contributed by atoms with Crippen LogP contribution in [0.25, 0.3) is 0 Å². The Morgan fingerprint density at radius 1 is 1.29 bits per heavy atom. The molecule has 2 N–H and O–H groups in total. The average Bonchev–Trinajstić information content (AvgIpc) is 2.16. The summed E-state index contributed by atoms with van der Waals surface area (Å²) in [6, 6.07) is 0. The van der Waals surface area contributed by atoms with Crippen LogP contribution in [0.3, 0.4) is 0 Å². The highest BCUT2D eigenvalue weighted by Gasteiger charge is 2.38. The first-order valence-corrected chi connectivity index (χ1v) is 6.95. The molecule has 0 aromatic rings. The Balaban J connectivity index is 5.03. The van der Waals surface area contributed by atoms with Gasteiger partial charge in [-0.1, -0.05) is 13.8 Å². The van der Waals surface area contributed by atoms with E-state index >= 15 is 0 Å². The van der Waals surface area contributed by atoms with Crippen LogP contribution >= 0.6 is 0 Å². The molecular formula is C9H19F3N2O2S. The van der Waals surface area contributed by atoms with E-state index in [1.165, 1.54) is 0 Å². The van der Waals surface area contributed by atoms with Crippen molar-refractivity contribution in [2.45, 2.75) is 38.1 Å². The van der Waals surface area contributed by atoms with Crippen molar-refractivity contribution in [1.29, 1.82) is 0 Å². The Hall–Kier alpha value is -0.340. The second kappa shape index (κ2) is 6.55. The van der Waals surface area contributed by atoms with Crippen LogP contribution in [0.1, 0.15) is 26.7 Å². The largest absolute Gasteiger partial charge is 0.402 e. The van der Waals surface area contributed by atoms with E-state index in [-0.39, 0.29) is 19.5 Å². The molecule has 0 radical (unpaired) electrons. The molecule has 0 bridgehead atoms. The summed E-state index contributed by atoms with van der Waals surface area (Å²) in [5, 5.41) is -0.948. The van der Waals surface area contributed by atoms with Crippen LogP contribution < -0.4 is 5.73 Å². The summed E-state index contributed by atoms with van der Waals surface area (Å²) in [6.07, 6.45) is -4.00. The van der Waals surface area contributed by atoms with Crippen molar-refractivity contribution in [3.63, 3.8) is 0 Å². The molecule has 0 fully saturated rings. The van der Waals surface area contributed by atoms with Crippen molar-refractivity contribution in [2.75, 3.05) is 19.6 Å². The maximum Gasteiger partial charge on any atom is 0.402 e. The van der Waals surface area contributed by atoms with E-state index in [1.54, 1.807) is 13.8 Å². The van der Waals surface area contributed by atoms with Crippen molar-refractivity contribution in [3.05, 3.63) is 0 Å². The van der Waals surface area contributed by atoms with Crippen LogP contribution in [0.2, 0.25) is 0 Å². The Labute approximate surface area is 100 Å². The third-order valence-electron chi connectivity index (χ3n) is 2.33. The molecule has 0 aromatic heterocycles. The fourth-order valence-electron chi connectivity index (χ4n) is 1.46. The summed E-state index contributed by atoms with van der Waals surface area (Å²) in [7, 11) is -3.97. The highest BCUT2D eigenvalue weighted by molar-refractivity contribution is 7.89. The topological polar surface area (TPSA) is 63.4 Å². The van der Waals surface area contributed by atoms with E-state index in [1.807, 2.05) is 0 Å². The number of hydrogen-bond donors (Lipinski definition) is 1. The molecule has 104 valence electrons. The summed E-state index contributed by atoms with van der Waals surface area (Å²) in [5.74, 6) is 0. The van der Waals surface area contributed by atoms with Crippen LogP contribution in [0, 0.1) is 0 Å². The number of hydrogen-bond acceptors (Lipinski definition) is 3. The first-order valence-electron chi connectivity index (χ1n) is 5.44. The molecule has 17 heavy (non-hydrogen) atoms. The average molecular weight is 276 g/mol. The predicted molar refractivity (Wildman–Crippen MR) is 60.0 cm³/mol. The van der Waals surface area contributed by atoms with Gasteiger partial charge in [0.05, 0.1) is 5.25 Å². The molecule has 0 rings (SSSR count). The molecule has 0 saturated carbocycles. The first kappa shape index (κ1) is 16.7.